The van der Waals surface area contributed by atoms with Crippen molar-refractivity contribution >= 4 is 33.1 Å². The van der Waals surface area contributed by atoms with Gasteiger partial charge in [-0.05, 0) is 32.9 Å². The van der Waals surface area contributed by atoms with Crippen molar-refractivity contribution in [2.75, 3.05) is 5.32 Å². The number of nitrogens with zero attached hydrogens (tertiary/aromatic N) is 3. The fraction of sp³-hybridized carbons (Fsp3) is 0.250. The first kappa shape index (κ1) is 9.67. The molecule has 0 atom stereocenters. The summed E-state index contributed by atoms with van der Waals surface area (Å²) in [7, 11) is 1.85. The van der Waals surface area contributed by atoms with Gasteiger partial charge in [0.15, 0.2) is 5.82 Å². The van der Waals surface area contributed by atoms with Gasteiger partial charge in [-0.15, -0.1) is 16.4 Å². The number of aryl methyl sites for hydroxylation is 1. The van der Waals surface area contributed by atoms with Crippen LogP contribution in [0.3, 0.4) is 0 Å². The monoisotopic (exact) mass is 272 g/mol. The highest BCUT2D eigenvalue weighted by Gasteiger charge is 1.99. The molecule has 2 aromatic heterocycles. The first-order chi connectivity index (χ1) is 6.74. The van der Waals surface area contributed by atoms with Crippen LogP contribution < -0.4 is 5.32 Å². The number of nitrogens with one attached hydrogen (secondary N) is 1. The number of rotatable bonds is 3. The Labute approximate surface area is 94.1 Å². The normalized spacial score (nSPS) is 10.4. The van der Waals surface area contributed by atoms with Gasteiger partial charge >= 0.3 is 0 Å². The molecular formula is C8H9BrN4S. The van der Waals surface area contributed by atoms with Crippen molar-refractivity contribution in [3.05, 3.63) is 27.0 Å². The summed E-state index contributed by atoms with van der Waals surface area (Å²) in [5.74, 6) is 0.801. The van der Waals surface area contributed by atoms with Crippen molar-refractivity contribution < 1.29 is 0 Å². The number of hydrogen-bond donors (Lipinski definition) is 1. The maximum Gasteiger partial charge on any atom is 0.168 e. The minimum absolute atomic E-state index is 0.779. The molecule has 14 heavy (non-hydrogen) atoms. The Morgan fingerprint density at radius 3 is 3.07 bits per heavy atom. The highest BCUT2D eigenvalue weighted by molar-refractivity contribution is 9.11. The summed E-state index contributed by atoms with van der Waals surface area (Å²) in [5.41, 5.74) is 1.24. The molecular weight excluding hydrogens is 264 g/mol. The molecule has 0 unspecified atom stereocenters. The second kappa shape index (κ2) is 4.10. The highest BCUT2D eigenvalue weighted by atomic mass is 79.9. The molecule has 2 heterocycles. The molecule has 4 nitrogen and oxygen atoms in total. The van der Waals surface area contributed by atoms with Crippen molar-refractivity contribution in [2.45, 2.75) is 6.54 Å². The van der Waals surface area contributed by atoms with Crippen molar-refractivity contribution in [3.63, 3.8) is 0 Å². The zero-order valence-electron chi connectivity index (χ0n) is 7.57. The van der Waals surface area contributed by atoms with Crippen LogP contribution in [0.5, 0.6) is 0 Å². The van der Waals surface area contributed by atoms with E-state index in [4.69, 9.17) is 0 Å². The van der Waals surface area contributed by atoms with Crippen LogP contribution in [0.15, 0.2) is 21.4 Å². The number of halogens is 1. The molecule has 0 saturated heterocycles. The molecule has 0 radical (unpaired) electrons. The Bertz CT molecular complexity index is 382. The minimum Gasteiger partial charge on any atom is -0.363 e. The van der Waals surface area contributed by atoms with Crippen LogP contribution in [0.25, 0.3) is 0 Å². The van der Waals surface area contributed by atoms with E-state index in [1.54, 1.807) is 16.0 Å². The summed E-state index contributed by atoms with van der Waals surface area (Å²) < 4.78 is 2.82. The molecule has 1 N–H and O–H groups in total. The second-order valence-corrected chi connectivity index (χ2v) is 5.18. The van der Waals surface area contributed by atoms with E-state index in [1.165, 1.54) is 5.56 Å². The van der Waals surface area contributed by atoms with Gasteiger partial charge in [0.05, 0.1) is 9.98 Å². The molecule has 0 aliphatic carbocycles. The molecule has 0 bridgehead atoms. The predicted molar refractivity (Wildman–Crippen MR) is 60.3 cm³/mol. The van der Waals surface area contributed by atoms with Crippen LogP contribution in [-0.2, 0) is 13.6 Å². The third-order valence-electron chi connectivity index (χ3n) is 1.70. The Kier molecular flexibility index (Phi) is 2.83. The number of thiophene rings is 1. The summed E-state index contributed by atoms with van der Waals surface area (Å²) >= 11 is 5.10. The average Bonchev–Trinajstić information content (AvgIpc) is 2.72. The van der Waals surface area contributed by atoms with Crippen molar-refractivity contribution in [1.29, 1.82) is 0 Å². The summed E-state index contributed by atoms with van der Waals surface area (Å²) in [6.07, 6.45) is 1.85. The largest absolute Gasteiger partial charge is 0.363 e. The van der Waals surface area contributed by atoms with E-state index in [0.717, 1.165) is 16.1 Å². The number of anilines is 1. The topological polar surface area (TPSA) is 42.7 Å². The lowest BCUT2D eigenvalue weighted by Crippen LogP contribution is -1.97. The lowest BCUT2D eigenvalue weighted by atomic mass is 10.3. The van der Waals surface area contributed by atoms with Gasteiger partial charge in [0, 0.05) is 13.6 Å². The standard InChI is InChI=1S/C8H9BrN4S/c1-13-4-8(11-12-13)10-3-6-2-7(9)14-5-6/h2,4-5,10H,3H2,1H3. The second-order valence-electron chi connectivity index (χ2n) is 2.89. The Balaban J connectivity index is 1.94. The number of aromatic nitrogens is 3. The molecule has 0 aromatic carbocycles. The third kappa shape index (κ3) is 2.33. The fourth-order valence-corrected chi connectivity index (χ4v) is 2.27. The van der Waals surface area contributed by atoms with Crippen LogP contribution in [-0.4, -0.2) is 15.0 Å². The molecule has 2 rings (SSSR count). The van der Waals surface area contributed by atoms with Gasteiger partial charge in [-0.1, -0.05) is 5.21 Å². The first-order valence-corrected chi connectivity index (χ1v) is 5.74. The molecule has 2 aromatic rings. The Morgan fingerprint density at radius 2 is 2.50 bits per heavy atom. The summed E-state index contributed by atoms with van der Waals surface area (Å²) in [6, 6.07) is 2.09. The zero-order chi connectivity index (χ0) is 9.97. The molecule has 0 amide bonds. The van der Waals surface area contributed by atoms with E-state index >= 15 is 0 Å². The van der Waals surface area contributed by atoms with Gasteiger partial charge in [0.2, 0.25) is 0 Å². The van der Waals surface area contributed by atoms with Crippen LogP contribution in [0.4, 0.5) is 5.82 Å². The zero-order valence-corrected chi connectivity index (χ0v) is 9.97. The van der Waals surface area contributed by atoms with E-state index in [-0.39, 0.29) is 0 Å². The summed E-state index contributed by atoms with van der Waals surface area (Å²) in [6.45, 7) is 0.779. The highest BCUT2D eigenvalue weighted by Crippen LogP contribution is 2.21. The van der Waals surface area contributed by atoms with Gasteiger partial charge in [-0.25, -0.2) is 0 Å². The smallest absolute Gasteiger partial charge is 0.168 e. The molecule has 0 fully saturated rings. The molecule has 0 spiro atoms. The average molecular weight is 273 g/mol. The maximum absolute atomic E-state index is 3.93. The lowest BCUT2D eigenvalue weighted by Gasteiger charge is -1.97. The van der Waals surface area contributed by atoms with Crippen molar-refractivity contribution in [3.8, 4) is 0 Å². The number of hydrogen-bond acceptors (Lipinski definition) is 4. The summed E-state index contributed by atoms with van der Waals surface area (Å²) in [4.78, 5) is 0. The van der Waals surface area contributed by atoms with Gasteiger partial charge < -0.3 is 5.32 Å². The lowest BCUT2D eigenvalue weighted by molar-refractivity contribution is 0.715. The van der Waals surface area contributed by atoms with Gasteiger partial charge in [-0.2, -0.15) is 0 Å². The van der Waals surface area contributed by atoms with E-state index in [9.17, 15) is 0 Å². The van der Waals surface area contributed by atoms with Crippen LogP contribution in [0.1, 0.15) is 5.56 Å². The fourth-order valence-electron chi connectivity index (χ4n) is 1.06. The van der Waals surface area contributed by atoms with Gasteiger partial charge in [-0.3, -0.25) is 4.68 Å². The predicted octanol–water partition coefficient (Wildman–Crippen LogP) is 2.25. The third-order valence-corrected chi connectivity index (χ3v) is 3.25. The van der Waals surface area contributed by atoms with E-state index in [1.807, 2.05) is 13.2 Å². The van der Waals surface area contributed by atoms with E-state index in [2.05, 4.69) is 43.0 Å². The quantitative estimate of drug-likeness (QED) is 0.932. The molecule has 0 aliphatic heterocycles. The molecule has 0 aliphatic rings. The van der Waals surface area contributed by atoms with E-state index < -0.39 is 0 Å². The van der Waals surface area contributed by atoms with E-state index in [0.29, 0.717) is 0 Å². The first-order valence-electron chi connectivity index (χ1n) is 4.07. The van der Waals surface area contributed by atoms with Crippen LogP contribution >= 0.6 is 27.3 Å². The van der Waals surface area contributed by atoms with Gasteiger partial charge in [0.1, 0.15) is 0 Å². The maximum atomic E-state index is 3.93. The van der Waals surface area contributed by atoms with Gasteiger partial charge in [0.25, 0.3) is 0 Å². The van der Waals surface area contributed by atoms with Crippen LogP contribution in [0, 0.1) is 0 Å². The van der Waals surface area contributed by atoms with Crippen molar-refractivity contribution in [1.82, 2.24) is 15.0 Å². The SMILES string of the molecule is Cn1cc(NCc2csc(Br)c2)nn1. The molecule has 0 saturated carbocycles. The molecule has 6 heteroatoms. The van der Waals surface area contributed by atoms with Crippen LogP contribution in [0.2, 0.25) is 0 Å². The Hall–Kier alpha value is -0.880. The Morgan fingerprint density at radius 1 is 1.64 bits per heavy atom. The van der Waals surface area contributed by atoms with Crippen molar-refractivity contribution in [2.24, 2.45) is 7.05 Å². The minimum atomic E-state index is 0.779. The summed E-state index contributed by atoms with van der Waals surface area (Å²) in [5, 5.41) is 13.1. The molecule has 74 valence electrons.